The van der Waals surface area contributed by atoms with Crippen molar-refractivity contribution in [3.8, 4) is 11.5 Å². The molecular weight excluding hydrogens is 544 g/mol. The van der Waals surface area contributed by atoms with Gasteiger partial charge in [0.05, 0.1) is 25.4 Å². The van der Waals surface area contributed by atoms with Gasteiger partial charge in [-0.3, -0.25) is 4.79 Å². The van der Waals surface area contributed by atoms with E-state index in [4.69, 9.17) is 34.2 Å². The molecule has 0 aliphatic carbocycles. The smallest absolute Gasteiger partial charge is 0.405 e. The lowest BCUT2D eigenvalue weighted by molar-refractivity contribution is -0.136. The van der Waals surface area contributed by atoms with Crippen LogP contribution >= 0.6 is 0 Å². The van der Waals surface area contributed by atoms with Gasteiger partial charge in [-0.15, -0.1) is 0 Å². The SMILES string of the molecule is COCO[C@H]1[C@@H](OC)C[C@H](C)Cc2cc(cc(O)c2OC)NC(=O)/C(C)=C/CC[C@H](OC)[C@@H](OC(N)=O)/C(C)=C/[C@@H]1C. The summed E-state index contributed by atoms with van der Waals surface area (Å²) >= 11 is 0. The number of carbonyl (C=O) groups excluding carboxylic acids is 2. The van der Waals surface area contributed by atoms with E-state index >= 15 is 0 Å². The van der Waals surface area contributed by atoms with Crippen molar-refractivity contribution in [1.82, 2.24) is 0 Å². The van der Waals surface area contributed by atoms with Gasteiger partial charge in [0.2, 0.25) is 0 Å². The summed E-state index contributed by atoms with van der Waals surface area (Å²) in [5.41, 5.74) is 7.88. The summed E-state index contributed by atoms with van der Waals surface area (Å²) in [6, 6.07) is 3.28. The van der Waals surface area contributed by atoms with E-state index in [-0.39, 0.29) is 36.4 Å². The van der Waals surface area contributed by atoms with E-state index in [0.717, 1.165) is 11.1 Å². The largest absolute Gasteiger partial charge is 0.504 e. The number of nitrogens with one attached hydrogen (secondary N) is 1. The van der Waals surface area contributed by atoms with Crippen molar-refractivity contribution in [1.29, 1.82) is 0 Å². The monoisotopic (exact) mass is 592 g/mol. The number of methoxy groups -OCH3 is 4. The molecule has 0 saturated carbocycles. The number of ether oxygens (including phenoxy) is 6. The number of phenolic OH excluding ortho intramolecular Hbond substituents is 1. The zero-order valence-corrected chi connectivity index (χ0v) is 26.1. The molecule has 236 valence electrons. The highest BCUT2D eigenvalue weighted by Gasteiger charge is 2.32. The maximum atomic E-state index is 13.0. The second-order valence-corrected chi connectivity index (χ2v) is 10.9. The number of fused-ring (bicyclic) bond motifs is 2. The zero-order valence-electron chi connectivity index (χ0n) is 26.1. The minimum absolute atomic E-state index is 0.0626. The predicted octanol–water partition coefficient (Wildman–Crippen LogP) is 4.71. The Balaban J connectivity index is 2.61. The highest BCUT2D eigenvalue weighted by molar-refractivity contribution is 6.03. The maximum Gasteiger partial charge on any atom is 0.405 e. The summed E-state index contributed by atoms with van der Waals surface area (Å²) in [6.07, 6.45) is 2.92. The molecular formula is C31H48N2O9. The standard InChI is InChI=1S/C31H48N2O9/c1-18-12-22-15-23(16-24(34)29(22)40-8)33-30(35)19(2)10-9-11-25(38-6)28(42-31(32)36)21(4)14-20(3)27(41-17-37-5)26(13-18)39-7/h10,14-16,18,20,25-28,34H,9,11-13,17H2,1-8H3,(H2,32,36)(H,33,35)/b19-10+,21-14+/t18-,20+,25+,26+,27-,28+/m1/s1. The van der Waals surface area contributed by atoms with Crippen LogP contribution in [-0.4, -0.2) is 76.8 Å². The Kier molecular flexibility index (Phi) is 14.3. The number of primary amides is 1. The van der Waals surface area contributed by atoms with Crippen molar-refractivity contribution < 1.29 is 43.1 Å². The van der Waals surface area contributed by atoms with E-state index in [1.54, 1.807) is 27.2 Å². The van der Waals surface area contributed by atoms with E-state index in [2.05, 4.69) is 12.2 Å². The van der Waals surface area contributed by atoms with E-state index < -0.39 is 24.4 Å². The van der Waals surface area contributed by atoms with E-state index in [0.29, 0.717) is 42.7 Å². The van der Waals surface area contributed by atoms with E-state index in [9.17, 15) is 14.7 Å². The van der Waals surface area contributed by atoms with Crippen LogP contribution in [0.25, 0.3) is 0 Å². The lowest BCUT2D eigenvalue weighted by Gasteiger charge is -2.32. The van der Waals surface area contributed by atoms with Gasteiger partial charge in [-0.2, -0.15) is 0 Å². The molecule has 11 heteroatoms. The van der Waals surface area contributed by atoms with Crippen LogP contribution in [0.1, 0.15) is 52.5 Å². The molecule has 1 aromatic rings. The quantitative estimate of drug-likeness (QED) is 0.302. The first-order valence-electron chi connectivity index (χ1n) is 14.1. The van der Waals surface area contributed by atoms with E-state index in [1.165, 1.54) is 20.3 Å². The summed E-state index contributed by atoms with van der Waals surface area (Å²) in [5.74, 6) is -0.128. The van der Waals surface area contributed by atoms with Crippen LogP contribution in [-0.2, 0) is 34.9 Å². The third-order valence-electron chi connectivity index (χ3n) is 7.49. The molecule has 1 aliphatic heterocycles. The van der Waals surface area contributed by atoms with Gasteiger partial charge in [-0.25, -0.2) is 4.79 Å². The second kappa shape index (κ2) is 17.1. The topological polar surface area (TPSA) is 148 Å². The average molecular weight is 593 g/mol. The first-order chi connectivity index (χ1) is 19.9. The van der Waals surface area contributed by atoms with Crippen molar-refractivity contribution in [2.24, 2.45) is 17.6 Å². The Morgan fingerprint density at radius 1 is 1.10 bits per heavy atom. The fraction of sp³-hybridized carbons (Fsp3) is 0.613. The highest BCUT2D eigenvalue weighted by Crippen LogP contribution is 2.36. The molecule has 42 heavy (non-hydrogen) atoms. The van der Waals surface area contributed by atoms with Crippen LogP contribution < -0.4 is 15.8 Å². The summed E-state index contributed by atoms with van der Waals surface area (Å²) < 4.78 is 34.0. The fourth-order valence-corrected chi connectivity index (χ4v) is 5.47. The number of allylic oxidation sites excluding steroid dienone is 1. The Bertz CT molecular complexity index is 1100. The van der Waals surface area contributed by atoms with Crippen molar-refractivity contribution in [3.63, 3.8) is 0 Å². The summed E-state index contributed by atoms with van der Waals surface area (Å²) in [7, 11) is 6.23. The number of rotatable bonds is 7. The molecule has 1 aliphatic rings. The average Bonchev–Trinajstić information content (AvgIpc) is 2.92. The lowest BCUT2D eigenvalue weighted by atomic mass is 9.87. The van der Waals surface area contributed by atoms with Crippen LogP contribution in [0.15, 0.2) is 35.4 Å². The van der Waals surface area contributed by atoms with Crippen LogP contribution in [0.2, 0.25) is 0 Å². The maximum absolute atomic E-state index is 13.0. The number of anilines is 1. The Morgan fingerprint density at radius 2 is 1.79 bits per heavy atom. The van der Waals surface area contributed by atoms with Gasteiger partial charge in [0.1, 0.15) is 6.79 Å². The van der Waals surface area contributed by atoms with Gasteiger partial charge in [0.25, 0.3) is 5.91 Å². The van der Waals surface area contributed by atoms with Crippen LogP contribution in [0, 0.1) is 11.8 Å². The van der Waals surface area contributed by atoms with Gasteiger partial charge in [-0.05, 0) is 57.1 Å². The minimum Gasteiger partial charge on any atom is -0.504 e. The molecule has 0 aromatic heterocycles. The third-order valence-corrected chi connectivity index (χ3v) is 7.49. The number of carbonyl (C=O) groups is 2. The summed E-state index contributed by atoms with van der Waals surface area (Å²) in [5, 5.41) is 13.6. The molecule has 1 aromatic carbocycles. The van der Waals surface area contributed by atoms with Crippen molar-refractivity contribution >= 4 is 17.7 Å². The Labute approximate surface area is 249 Å². The first kappa shape index (κ1) is 35.1. The molecule has 11 nitrogen and oxygen atoms in total. The molecule has 2 bridgehead atoms. The van der Waals surface area contributed by atoms with Gasteiger partial charge >= 0.3 is 6.09 Å². The number of hydrogen-bond donors (Lipinski definition) is 3. The number of phenols is 1. The zero-order chi connectivity index (χ0) is 31.4. The van der Waals surface area contributed by atoms with Gasteiger partial charge in [0, 0.05) is 50.1 Å². The minimum atomic E-state index is -0.914. The second-order valence-electron chi connectivity index (χ2n) is 10.9. The number of nitrogens with two attached hydrogens (primary N) is 1. The molecule has 2 amide bonds. The van der Waals surface area contributed by atoms with Gasteiger partial charge in [-0.1, -0.05) is 26.0 Å². The molecule has 6 atom stereocenters. The van der Waals surface area contributed by atoms with Crippen molar-refractivity contribution in [2.75, 3.05) is 40.5 Å². The number of benzene rings is 1. The van der Waals surface area contributed by atoms with Crippen molar-refractivity contribution in [2.45, 2.75) is 77.8 Å². The number of hydrogen-bond acceptors (Lipinski definition) is 9. The molecule has 0 fully saturated rings. The van der Waals surface area contributed by atoms with Crippen LogP contribution in [0.3, 0.4) is 0 Å². The summed E-state index contributed by atoms with van der Waals surface area (Å²) in [6.45, 7) is 7.70. The van der Waals surface area contributed by atoms with Crippen LogP contribution in [0.4, 0.5) is 10.5 Å². The van der Waals surface area contributed by atoms with Gasteiger partial charge in [0.15, 0.2) is 17.6 Å². The Morgan fingerprint density at radius 3 is 2.38 bits per heavy atom. The first-order valence-corrected chi connectivity index (χ1v) is 14.1. The Hall–Kier alpha value is -3.12. The molecule has 0 spiro atoms. The normalized spacial score (nSPS) is 29.0. The van der Waals surface area contributed by atoms with E-state index in [1.807, 2.05) is 26.0 Å². The molecule has 0 unspecified atom stereocenters. The summed E-state index contributed by atoms with van der Waals surface area (Å²) in [4.78, 5) is 24.8. The fourth-order valence-electron chi connectivity index (χ4n) is 5.47. The van der Waals surface area contributed by atoms with Crippen LogP contribution in [0.5, 0.6) is 11.5 Å². The third kappa shape index (κ3) is 10.0. The lowest BCUT2D eigenvalue weighted by Crippen LogP contribution is -2.39. The molecule has 2 rings (SSSR count). The van der Waals surface area contributed by atoms with Gasteiger partial charge < -0.3 is 44.6 Å². The predicted molar refractivity (Wildman–Crippen MR) is 159 cm³/mol. The molecule has 0 radical (unpaired) electrons. The number of aromatic hydroxyl groups is 1. The molecule has 1 heterocycles. The molecule has 0 saturated heterocycles. The number of amides is 2. The van der Waals surface area contributed by atoms with Crippen molar-refractivity contribution in [3.05, 3.63) is 41.0 Å². The molecule has 4 N–H and O–H groups in total. The highest BCUT2D eigenvalue weighted by atomic mass is 16.7.